The largest absolute Gasteiger partial charge is 0.491 e. The van der Waals surface area contributed by atoms with Crippen molar-refractivity contribution in [1.29, 1.82) is 0 Å². The van der Waals surface area contributed by atoms with E-state index in [0.29, 0.717) is 11.5 Å². The minimum absolute atomic E-state index is 0.151. The number of benzene rings is 1. The van der Waals surface area contributed by atoms with E-state index in [1.807, 2.05) is 50.2 Å². The number of nitrogens with one attached hydrogen (secondary N) is 2. The molecule has 1 heterocycles. The summed E-state index contributed by atoms with van der Waals surface area (Å²) in [5.74, 6) is 0.00567. The van der Waals surface area contributed by atoms with Crippen molar-refractivity contribution < 1.29 is 19.1 Å². The second-order valence-electron chi connectivity index (χ2n) is 5.29. The molecule has 0 saturated heterocycles. The molecule has 2 N–H and O–H groups in total. The highest BCUT2D eigenvalue weighted by atomic mass is 32.1. The third-order valence-electron chi connectivity index (χ3n) is 3.35. The molecule has 0 fully saturated rings. The highest BCUT2D eigenvalue weighted by molar-refractivity contribution is 7.14. The molecule has 0 aliphatic rings. The zero-order valence-corrected chi connectivity index (χ0v) is 15.2. The van der Waals surface area contributed by atoms with Crippen molar-refractivity contribution >= 4 is 23.2 Å². The van der Waals surface area contributed by atoms with Crippen LogP contribution in [0.4, 0.5) is 0 Å². The van der Waals surface area contributed by atoms with Crippen LogP contribution in [0.2, 0.25) is 0 Å². The molecular weight excluding hydrogens is 340 g/mol. The third-order valence-corrected chi connectivity index (χ3v) is 4.73. The Morgan fingerprint density at radius 3 is 2.56 bits per heavy atom. The van der Waals surface area contributed by atoms with Crippen molar-refractivity contribution in [3.63, 3.8) is 0 Å². The highest BCUT2D eigenvalue weighted by Crippen LogP contribution is 2.21. The van der Waals surface area contributed by atoms with Crippen molar-refractivity contribution in [3.05, 3.63) is 51.7 Å². The van der Waals surface area contributed by atoms with Crippen LogP contribution >= 0.6 is 11.3 Å². The highest BCUT2D eigenvalue weighted by Gasteiger charge is 2.12. The van der Waals surface area contributed by atoms with Gasteiger partial charge in [-0.1, -0.05) is 25.1 Å². The number of aryl methyl sites for hydroxylation is 2. The molecule has 0 radical (unpaired) electrons. The summed E-state index contributed by atoms with van der Waals surface area (Å²) in [6.45, 7) is 4.48. The molecule has 134 valence electrons. The van der Waals surface area contributed by atoms with Gasteiger partial charge >= 0.3 is 0 Å². The van der Waals surface area contributed by atoms with Gasteiger partial charge in [-0.3, -0.25) is 20.4 Å². The van der Waals surface area contributed by atoms with Crippen LogP contribution in [0.1, 0.15) is 27.0 Å². The Labute approximate surface area is 151 Å². The van der Waals surface area contributed by atoms with Crippen molar-refractivity contribution in [2.45, 2.75) is 20.3 Å². The molecule has 0 bridgehead atoms. The summed E-state index contributed by atoms with van der Waals surface area (Å²) in [5, 5.41) is 0. The Morgan fingerprint density at radius 1 is 1.12 bits per heavy atom. The maximum atomic E-state index is 12.0. The van der Waals surface area contributed by atoms with Crippen molar-refractivity contribution in [2.75, 3.05) is 19.8 Å². The van der Waals surface area contributed by atoms with Gasteiger partial charge in [0.05, 0.1) is 11.5 Å². The molecular formula is C18H22N2O4S. The molecule has 0 aliphatic carbocycles. The van der Waals surface area contributed by atoms with E-state index < -0.39 is 5.91 Å². The average Bonchev–Trinajstić information content (AvgIpc) is 3.01. The first kappa shape index (κ1) is 19.0. The Bertz CT molecular complexity index is 700. The first-order valence-corrected chi connectivity index (χ1v) is 8.86. The van der Waals surface area contributed by atoms with Gasteiger partial charge in [-0.25, -0.2) is 0 Å². The van der Waals surface area contributed by atoms with E-state index in [0.717, 1.165) is 17.7 Å². The van der Waals surface area contributed by atoms with Gasteiger partial charge in [-0.05, 0) is 37.1 Å². The van der Waals surface area contributed by atoms with Crippen molar-refractivity contribution in [2.24, 2.45) is 0 Å². The minimum atomic E-state index is -0.419. The van der Waals surface area contributed by atoms with Gasteiger partial charge in [0.1, 0.15) is 19.0 Å². The lowest BCUT2D eigenvalue weighted by Gasteiger charge is -2.08. The van der Waals surface area contributed by atoms with Gasteiger partial charge in [-0.15, -0.1) is 11.3 Å². The summed E-state index contributed by atoms with van der Waals surface area (Å²) in [6.07, 6.45) is 0.884. The second-order valence-corrected chi connectivity index (χ2v) is 6.42. The predicted octanol–water partition coefficient (Wildman–Crippen LogP) is 2.48. The fourth-order valence-electron chi connectivity index (χ4n) is 2.11. The Hall–Kier alpha value is -2.38. The second kappa shape index (κ2) is 9.80. The number of hydrazine groups is 1. The number of hydrogen-bond donors (Lipinski definition) is 2. The molecule has 6 nitrogen and oxygen atoms in total. The van der Waals surface area contributed by atoms with Gasteiger partial charge < -0.3 is 9.47 Å². The van der Waals surface area contributed by atoms with Gasteiger partial charge in [0.15, 0.2) is 0 Å². The summed E-state index contributed by atoms with van der Waals surface area (Å²) < 4.78 is 10.7. The maximum absolute atomic E-state index is 12.0. The molecule has 2 aromatic rings. The molecule has 7 heteroatoms. The number of para-hydroxylation sites is 1. The van der Waals surface area contributed by atoms with Gasteiger partial charge in [-0.2, -0.15) is 0 Å². The number of ether oxygens (including phenoxy) is 2. The summed E-state index contributed by atoms with van der Waals surface area (Å²) in [6, 6.07) is 11.2. The summed E-state index contributed by atoms with van der Waals surface area (Å²) in [7, 11) is 0. The number of carbonyl (C=O) groups excluding carboxylic acids is 2. The smallest absolute Gasteiger partial charge is 0.279 e. The minimum Gasteiger partial charge on any atom is -0.491 e. The number of hydrogen-bond acceptors (Lipinski definition) is 5. The van der Waals surface area contributed by atoms with E-state index in [9.17, 15) is 9.59 Å². The predicted molar refractivity (Wildman–Crippen MR) is 96.8 cm³/mol. The molecule has 0 unspecified atom stereocenters. The number of rotatable bonds is 8. The van der Waals surface area contributed by atoms with Gasteiger partial charge in [0.2, 0.25) is 0 Å². The zero-order chi connectivity index (χ0) is 18.1. The molecule has 0 saturated carbocycles. The Kier molecular flexibility index (Phi) is 7.43. The van der Waals surface area contributed by atoms with Crippen LogP contribution in [0.5, 0.6) is 5.75 Å². The van der Waals surface area contributed by atoms with Crippen molar-refractivity contribution in [1.82, 2.24) is 10.9 Å². The molecule has 2 rings (SSSR count). The van der Waals surface area contributed by atoms with Crippen LogP contribution in [-0.2, 0) is 16.0 Å². The van der Waals surface area contributed by atoms with E-state index in [-0.39, 0.29) is 19.1 Å². The molecule has 1 aromatic carbocycles. The number of carbonyl (C=O) groups is 2. The fourth-order valence-corrected chi connectivity index (χ4v) is 3.12. The summed E-state index contributed by atoms with van der Waals surface area (Å²) in [4.78, 5) is 25.4. The van der Waals surface area contributed by atoms with E-state index >= 15 is 0 Å². The van der Waals surface area contributed by atoms with Crippen LogP contribution in [0.15, 0.2) is 36.4 Å². The topological polar surface area (TPSA) is 76.7 Å². The lowest BCUT2D eigenvalue weighted by molar-refractivity contribution is -0.126. The van der Waals surface area contributed by atoms with Crippen LogP contribution in [-0.4, -0.2) is 31.6 Å². The summed E-state index contributed by atoms with van der Waals surface area (Å²) in [5.41, 5.74) is 5.82. The number of thiophene rings is 1. The van der Waals surface area contributed by atoms with Crippen LogP contribution < -0.4 is 15.6 Å². The lowest BCUT2D eigenvalue weighted by atomic mass is 10.2. The van der Waals surface area contributed by atoms with E-state index in [4.69, 9.17) is 9.47 Å². The number of amides is 2. The SMILES string of the molecule is CCc1sc(C(=O)NNC(=O)COCCOc2ccccc2)cc1C. The Morgan fingerprint density at radius 2 is 1.88 bits per heavy atom. The van der Waals surface area contributed by atoms with Crippen LogP contribution in [0.3, 0.4) is 0 Å². The van der Waals surface area contributed by atoms with Gasteiger partial charge in [0.25, 0.3) is 11.8 Å². The molecule has 0 spiro atoms. The molecule has 25 heavy (non-hydrogen) atoms. The zero-order valence-electron chi connectivity index (χ0n) is 14.3. The molecule has 1 aromatic heterocycles. The maximum Gasteiger partial charge on any atom is 0.279 e. The monoisotopic (exact) mass is 362 g/mol. The normalized spacial score (nSPS) is 10.3. The van der Waals surface area contributed by atoms with Crippen molar-refractivity contribution in [3.8, 4) is 5.75 Å². The lowest BCUT2D eigenvalue weighted by Crippen LogP contribution is -2.43. The van der Waals surface area contributed by atoms with E-state index in [1.165, 1.54) is 16.2 Å². The van der Waals surface area contributed by atoms with Crippen LogP contribution in [0.25, 0.3) is 0 Å². The first-order chi connectivity index (χ1) is 12.1. The van der Waals surface area contributed by atoms with E-state index in [1.54, 1.807) is 0 Å². The van der Waals surface area contributed by atoms with E-state index in [2.05, 4.69) is 10.9 Å². The summed E-state index contributed by atoms with van der Waals surface area (Å²) >= 11 is 1.43. The third kappa shape index (κ3) is 6.21. The first-order valence-electron chi connectivity index (χ1n) is 8.04. The average molecular weight is 362 g/mol. The molecule has 0 aliphatic heterocycles. The quantitative estimate of drug-likeness (QED) is 0.559. The molecule has 0 atom stereocenters. The van der Waals surface area contributed by atoms with Gasteiger partial charge in [0, 0.05) is 4.88 Å². The fraction of sp³-hybridized carbons (Fsp3) is 0.333. The standard InChI is InChI=1S/C18H22N2O4S/c1-3-15-13(2)11-16(25-15)18(22)20-19-17(21)12-23-9-10-24-14-7-5-4-6-8-14/h4-8,11H,3,9-10,12H2,1-2H3,(H,19,21)(H,20,22). The molecule has 2 amide bonds. The van der Waals surface area contributed by atoms with Crippen LogP contribution in [0, 0.1) is 6.92 Å². The Balaban J connectivity index is 1.61.